The molecule has 0 aromatic carbocycles. The van der Waals surface area contributed by atoms with Gasteiger partial charge in [0.15, 0.2) is 0 Å². The first-order chi connectivity index (χ1) is 7.51. The minimum absolute atomic E-state index is 0.0810. The van der Waals surface area contributed by atoms with Crippen LogP contribution in [0.15, 0.2) is 0 Å². The van der Waals surface area contributed by atoms with E-state index in [1.54, 1.807) is 19.4 Å². The number of ether oxygens (including phenoxy) is 1. The van der Waals surface area contributed by atoms with Crippen LogP contribution in [-0.2, 0) is 18.9 Å². The number of nitrogens with zero attached hydrogens (tertiary/aromatic N) is 1. The summed E-state index contributed by atoms with van der Waals surface area (Å²) in [5.74, 6) is -0.483. The molecule has 0 N–H and O–H groups in total. The third-order valence-electron chi connectivity index (χ3n) is 1.70. The van der Waals surface area contributed by atoms with Crippen molar-refractivity contribution in [2.75, 3.05) is 31.9 Å². The van der Waals surface area contributed by atoms with Gasteiger partial charge in [0.2, 0.25) is 12.0 Å². The molecule has 5 nitrogen and oxygen atoms in total. The largest absolute Gasteiger partial charge is 0.465 e. The number of amides is 1. The van der Waals surface area contributed by atoms with Gasteiger partial charge in [-0.15, -0.1) is 0 Å². The van der Waals surface area contributed by atoms with E-state index >= 15 is 0 Å². The van der Waals surface area contributed by atoms with Crippen molar-refractivity contribution in [1.82, 2.24) is 4.90 Å². The van der Waals surface area contributed by atoms with Gasteiger partial charge in [-0.25, -0.2) is 0 Å². The van der Waals surface area contributed by atoms with E-state index < -0.39 is 11.5 Å². The van der Waals surface area contributed by atoms with Gasteiger partial charge in [0.05, 0.1) is 12.9 Å². The molecule has 0 atom stereocenters. The molecule has 0 bridgehead atoms. The molecule has 0 aliphatic heterocycles. The maximum absolute atomic E-state index is 12.0. The summed E-state index contributed by atoms with van der Waals surface area (Å²) in [6.07, 6.45) is 4.06. The molecule has 0 unspecified atom stereocenters. The second-order valence-electron chi connectivity index (χ2n) is 2.77. The maximum Gasteiger partial charge on any atom is 0.325 e. The summed E-state index contributed by atoms with van der Waals surface area (Å²) in [7, 11) is 0. The molecular formula is C8H16NO4PS2. The highest BCUT2D eigenvalue weighted by Crippen LogP contribution is 2.66. The Bertz CT molecular complexity index is 279. The van der Waals surface area contributed by atoms with Crippen LogP contribution in [0.4, 0.5) is 0 Å². The van der Waals surface area contributed by atoms with Crippen molar-refractivity contribution in [2.45, 2.75) is 6.92 Å². The van der Waals surface area contributed by atoms with Crippen LogP contribution in [0.3, 0.4) is 0 Å². The van der Waals surface area contributed by atoms with E-state index in [4.69, 9.17) is 4.74 Å². The van der Waals surface area contributed by atoms with Crippen LogP contribution in [0.5, 0.6) is 0 Å². The summed E-state index contributed by atoms with van der Waals surface area (Å²) in [4.78, 5) is 23.1. The summed E-state index contributed by atoms with van der Waals surface area (Å²) < 4.78 is 16.7. The van der Waals surface area contributed by atoms with Gasteiger partial charge < -0.3 is 9.64 Å². The third-order valence-corrected chi connectivity index (χ3v) is 10.2. The van der Waals surface area contributed by atoms with E-state index in [-0.39, 0.29) is 19.4 Å². The molecule has 0 saturated carbocycles. The van der Waals surface area contributed by atoms with Gasteiger partial charge in [0.1, 0.15) is 6.54 Å². The van der Waals surface area contributed by atoms with E-state index in [2.05, 4.69) is 0 Å². The minimum atomic E-state index is -2.51. The molecule has 0 fully saturated rings. The first kappa shape index (κ1) is 15.9. The van der Waals surface area contributed by atoms with Gasteiger partial charge in [0.25, 0.3) is 0 Å². The van der Waals surface area contributed by atoms with Gasteiger partial charge in [-0.2, -0.15) is 0 Å². The maximum atomic E-state index is 12.0. The molecule has 0 aromatic rings. The molecule has 0 heterocycles. The van der Waals surface area contributed by atoms with Crippen LogP contribution in [0.25, 0.3) is 0 Å². The topological polar surface area (TPSA) is 63.7 Å². The molecule has 0 aliphatic rings. The Morgan fingerprint density at radius 1 is 1.44 bits per heavy atom. The van der Waals surface area contributed by atoms with Crippen LogP contribution >= 0.6 is 28.3 Å². The smallest absolute Gasteiger partial charge is 0.325 e. The number of hydrogen-bond acceptors (Lipinski definition) is 6. The molecule has 0 spiro atoms. The first-order valence-electron chi connectivity index (χ1n) is 4.56. The van der Waals surface area contributed by atoms with Gasteiger partial charge >= 0.3 is 5.97 Å². The average molecular weight is 285 g/mol. The Morgan fingerprint density at radius 3 is 2.38 bits per heavy atom. The number of rotatable bonds is 8. The molecule has 0 radical (unpaired) electrons. The summed E-state index contributed by atoms with van der Waals surface area (Å²) >= 11 is 2.44. The molecule has 0 saturated heterocycles. The quantitative estimate of drug-likeness (QED) is 0.385. The monoisotopic (exact) mass is 285 g/mol. The van der Waals surface area contributed by atoms with E-state index in [1.807, 2.05) is 0 Å². The van der Waals surface area contributed by atoms with Gasteiger partial charge in [-0.05, 0) is 19.4 Å². The summed E-state index contributed by atoms with van der Waals surface area (Å²) in [6.45, 7) is 1.81. The van der Waals surface area contributed by atoms with Gasteiger partial charge in [-0.3, -0.25) is 14.2 Å². The number of carbonyl (C=O) groups is 2. The van der Waals surface area contributed by atoms with Gasteiger partial charge in [0, 0.05) is 0 Å². The highest BCUT2D eigenvalue weighted by atomic mass is 33.1. The zero-order valence-electron chi connectivity index (χ0n) is 9.54. The van der Waals surface area contributed by atoms with Crippen LogP contribution in [0.2, 0.25) is 0 Å². The fourth-order valence-corrected chi connectivity index (χ4v) is 5.27. The predicted octanol–water partition coefficient (Wildman–Crippen LogP) is 1.88. The molecule has 8 heteroatoms. The van der Waals surface area contributed by atoms with Crippen LogP contribution < -0.4 is 0 Å². The molecule has 94 valence electrons. The fourth-order valence-electron chi connectivity index (χ4n) is 0.906. The van der Waals surface area contributed by atoms with Crippen molar-refractivity contribution in [3.63, 3.8) is 0 Å². The summed E-state index contributed by atoms with van der Waals surface area (Å²) in [5.41, 5.74) is -2.51. The van der Waals surface area contributed by atoms with Crippen molar-refractivity contribution < 1.29 is 18.9 Å². The third kappa shape index (κ3) is 5.82. The Hall–Kier alpha value is -0.130. The molecule has 0 aliphatic carbocycles. The second kappa shape index (κ2) is 8.03. The lowest BCUT2D eigenvalue weighted by Gasteiger charge is -2.20. The normalized spacial score (nSPS) is 10.9. The predicted molar refractivity (Wildman–Crippen MR) is 68.9 cm³/mol. The Labute approximate surface area is 104 Å². The van der Waals surface area contributed by atoms with Crippen LogP contribution in [0, 0.1) is 0 Å². The number of carbonyl (C=O) groups excluding carboxylic acids is 2. The van der Waals surface area contributed by atoms with E-state index in [0.717, 1.165) is 0 Å². The SMILES string of the molecule is CCOC(=O)CN(C=O)CP(=O)(SC)SC. The van der Waals surface area contributed by atoms with Crippen molar-refractivity contribution in [3.05, 3.63) is 0 Å². The van der Waals surface area contributed by atoms with Crippen LogP contribution in [-0.4, -0.2) is 49.2 Å². The molecule has 0 aromatic heterocycles. The van der Waals surface area contributed by atoms with Crippen molar-refractivity contribution in [3.8, 4) is 0 Å². The molecule has 16 heavy (non-hydrogen) atoms. The minimum Gasteiger partial charge on any atom is -0.465 e. The van der Waals surface area contributed by atoms with Crippen molar-refractivity contribution in [1.29, 1.82) is 0 Å². The van der Waals surface area contributed by atoms with Crippen molar-refractivity contribution in [2.24, 2.45) is 0 Å². The lowest BCUT2D eigenvalue weighted by Crippen LogP contribution is -2.30. The average Bonchev–Trinajstić information content (AvgIpc) is 2.28. The summed E-state index contributed by atoms with van der Waals surface area (Å²) in [5, 5.41) is 0. The van der Waals surface area contributed by atoms with E-state index in [1.165, 1.54) is 27.7 Å². The standard InChI is InChI=1S/C8H16NO4PS2/c1-4-13-8(11)5-9(6-10)7-14(12,15-2)16-3/h6H,4-5,7H2,1-3H3. The lowest BCUT2D eigenvalue weighted by molar-refractivity contribution is -0.145. The lowest BCUT2D eigenvalue weighted by atomic mass is 10.6. The zero-order chi connectivity index (χ0) is 12.6. The first-order valence-corrected chi connectivity index (χ1v) is 10.1. The molecule has 1 amide bonds. The Kier molecular flexibility index (Phi) is 7.97. The fraction of sp³-hybridized carbons (Fsp3) is 0.750. The highest BCUT2D eigenvalue weighted by molar-refractivity contribution is 8.90. The number of hydrogen-bond donors (Lipinski definition) is 0. The van der Waals surface area contributed by atoms with E-state index in [9.17, 15) is 14.2 Å². The molecular weight excluding hydrogens is 269 g/mol. The van der Waals surface area contributed by atoms with Crippen LogP contribution in [0.1, 0.15) is 6.92 Å². The number of esters is 1. The Morgan fingerprint density at radius 2 is 2.00 bits per heavy atom. The summed E-state index contributed by atoms with van der Waals surface area (Å²) in [6, 6.07) is 0. The zero-order valence-corrected chi connectivity index (χ0v) is 12.1. The van der Waals surface area contributed by atoms with Gasteiger partial charge in [-0.1, -0.05) is 22.8 Å². The second-order valence-corrected chi connectivity index (χ2v) is 11.4. The van der Waals surface area contributed by atoms with E-state index in [0.29, 0.717) is 6.41 Å². The highest BCUT2D eigenvalue weighted by Gasteiger charge is 2.24. The van der Waals surface area contributed by atoms with Crippen molar-refractivity contribution >= 4 is 40.7 Å². The molecule has 0 rings (SSSR count). The Balaban J connectivity index is 4.35.